The summed E-state index contributed by atoms with van der Waals surface area (Å²) >= 11 is 6.11. The van der Waals surface area contributed by atoms with Gasteiger partial charge in [0, 0.05) is 24.0 Å². The lowest BCUT2D eigenvalue weighted by Crippen LogP contribution is -2.36. The van der Waals surface area contributed by atoms with Crippen molar-refractivity contribution in [1.82, 2.24) is 10.0 Å². The lowest BCUT2D eigenvalue weighted by Gasteiger charge is -2.28. The molecule has 1 aliphatic carbocycles. The molecule has 0 heterocycles. The van der Waals surface area contributed by atoms with Gasteiger partial charge in [-0.1, -0.05) is 29.8 Å². The van der Waals surface area contributed by atoms with Crippen LogP contribution in [0.15, 0.2) is 53.4 Å². The molecule has 0 atom stereocenters. The molecule has 29 heavy (non-hydrogen) atoms. The van der Waals surface area contributed by atoms with E-state index in [0.717, 1.165) is 43.4 Å². The summed E-state index contributed by atoms with van der Waals surface area (Å²) in [6, 6.07) is 12.1. The Morgan fingerprint density at radius 3 is 2.34 bits per heavy atom. The molecule has 0 unspecified atom stereocenters. The van der Waals surface area contributed by atoms with E-state index in [4.69, 9.17) is 11.6 Å². The predicted octanol–water partition coefficient (Wildman–Crippen LogP) is 3.88. The monoisotopic (exact) mass is 438 g/mol. The number of halogens is 2. The van der Waals surface area contributed by atoms with Crippen LogP contribution in [-0.2, 0) is 21.4 Å². The third-order valence-corrected chi connectivity index (χ3v) is 7.12. The van der Waals surface area contributed by atoms with Gasteiger partial charge in [0.1, 0.15) is 5.82 Å². The average molecular weight is 439 g/mol. The molecule has 0 bridgehead atoms. The molecule has 0 saturated heterocycles. The van der Waals surface area contributed by atoms with E-state index in [1.54, 1.807) is 6.07 Å². The highest BCUT2D eigenvalue weighted by Crippen LogP contribution is 2.29. The summed E-state index contributed by atoms with van der Waals surface area (Å²) in [6.07, 6.45) is 2.99. The van der Waals surface area contributed by atoms with Crippen molar-refractivity contribution in [1.29, 1.82) is 0 Å². The third-order valence-electron chi connectivity index (χ3n) is 5.31. The van der Waals surface area contributed by atoms with Crippen molar-refractivity contribution in [2.75, 3.05) is 6.54 Å². The van der Waals surface area contributed by atoms with E-state index >= 15 is 0 Å². The molecular formula is C21H24ClFN2O3S. The Morgan fingerprint density at radius 1 is 1.03 bits per heavy atom. The largest absolute Gasteiger partial charge is 0.352 e. The lowest BCUT2D eigenvalue weighted by molar-refractivity contribution is -0.126. The SMILES string of the molecule is O=C(NCc1ccccc1Cl)C1CCC(CNS(=O)(=O)c2ccc(F)cc2)CC1. The molecule has 8 heteroatoms. The fourth-order valence-corrected chi connectivity index (χ4v) is 4.84. The fourth-order valence-electron chi connectivity index (χ4n) is 3.52. The van der Waals surface area contributed by atoms with Gasteiger partial charge in [-0.25, -0.2) is 17.5 Å². The zero-order chi connectivity index (χ0) is 20.9. The van der Waals surface area contributed by atoms with Crippen LogP contribution in [0.1, 0.15) is 31.2 Å². The van der Waals surface area contributed by atoms with Gasteiger partial charge in [-0.2, -0.15) is 0 Å². The molecule has 5 nitrogen and oxygen atoms in total. The average Bonchev–Trinajstić information content (AvgIpc) is 2.72. The van der Waals surface area contributed by atoms with Gasteiger partial charge in [0.2, 0.25) is 15.9 Å². The van der Waals surface area contributed by atoms with Gasteiger partial charge >= 0.3 is 0 Å². The zero-order valence-corrected chi connectivity index (χ0v) is 17.5. The van der Waals surface area contributed by atoms with Gasteiger partial charge in [0.15, 0.2) is 0 Å². The van der Waals surface area contributed by atoms with Crippen molar-refractivity contribution in [3.63, 3.8) is 0 Å². The minimum Gasteiger partial charge on any atom is -0.352 e. The second kappa shape index (κ2) is 9.69. The van der Waals surface area contributed by atoms with Crippen LogP contribution in [0.25, 0.3) is 0 Å². The van der Waals surface area contributed by atoms with Gasteiger partial charge < -0.3 is 5.32 Å². The molecule has 1 amide bonds. The van der Waals surface area contributed by atoms with E-state index in [1.165, 1.54) is 12.1 Å². The first-order valence-corrected chi connectivity index (χ1v) is 11.5. The minimum absolute atomic E-state index is 0.00950. The number of hydrogen-bond donors (Lipinski definition) is 2. The molecule has 2 aromatic rings. The van der Waals surface area contributed by atoms with Gasteiger partial charge in [-0.05, 0) is 67.5 Å². The Bertz CT molecular complexity index is 943. The number of rotatable bonds is 7. The predicted molar refractivity (Wildman–Crippen MR) is 110 cm³/mol. The lowest BCUT2D eigenvalue weighted by atomic mass is 9.81. The molecular weight excluding hydrogens is 415 g/mol. The Labute approximate surface area is 175 Å². The van der Waals surface area contributed by atoms with E-state index < -0.39 is 15.8 Å². The standard InChI is InChI=1S/C21H24ClFN2O3S/c22-20-4-2-1-3-17(20)14-24-21(26)16-7-5-15(6-8-16)13-25-29(27,28)19-11-9-18(23)10-12-19/h1-4,9-12,15-16,25H,5-8,13-14H2,(H,24,26). The Balaban J connectivity index is 1.43. The molecule has 0 aromatic heterocycles. The second-order valence-electron chi connectivity index (χ2n) is 7.33. The molecule has 0 radical (unpaired) electrons. The number of benzene rings is 2. The molecule has 1 fully saturated rings. The minimum atomic E-state index is -3.66. The van der Waals surface area contributed by atoms with Crippen molar-refractivity contribution < 1.29 is 17.6 Å². The van der Waals surface area contributed by atoms with Crippen molar-refractivity contribution in [3.05, 3.63) is 64.9 Å². The van der Waals surface area contributed by atoms with Crippen LogP contribution in [0, 0.1) is 17.7 Å². The number of amides is 1. The van der Waals surface area contributed by atoms with Crippen LogP contribution >= 0.6 is 11.6 Å². The highest BCUT2D eigenvalue weighted by atomic mass is 35.5. The summed E-state index contributed by atoms with van der Waals surface area (Å²) in [7, 11) is -3.66. The molecule has 1 aliphatic rings. The van der Waals surface area contributed by atoms with Crippen molar-refractivity contribution in [2.24, 2.45) is 11.8 Å². The van der Waals surface area contributed by atoms with Crippen molar-refractivity contribution in [2.45, 2.75) is 37.1 Å². The molecule has 3 rings (SSSR count). The smallest absolute Gasteiger partial charge is 0.240 e. The van der Waals surface area contributed by atoms with E-state index in [1.807, 2.05) is 18.2 Å². The van der Waals surface area contributed by atoms with Crippen LogP contribution < -0.4 is 10.0 Å². The summed E-state index contributed by atoms with van der Waals surface area (Å²) in [4.78, 5) is 12.5. The highest BCUT2D eigenvalue weighted by molar-refractivity contribution is 7.89. The maximum absolute atomic E-state index is 13.0. The molecule has 2 N–H and O–H groups in total. The number of hydrogen-bond acceptors (Lipinski definition) is 3. The van der Waals surface area contributed by atoms with Crippen LogP contribution in [0.4, 0.5) is 4.39 Å². The van der Waals surface area contributed by atoms with Crippen LogP contribution in [0.2, 0.25) is 5.02 Å². The highest BCUT2D eigenvalue weighted by Gasteiger charge is 2.27. The number of carbonyl (C=O) groups excluding carboxylic acids is 1. The summed E-state index contributed by atoms with van der Waals surface area (Å²) < 4.78 is 40.2. The quantitative estimate of drug-likeness (QED) is 0.688. The Morgan fingerprint density at radius 2 is 1.69 bits per heavy atom. The number of nitrogens with one attached hydrogen (secondary N) is 2. The summed E-state index contributed by atoms with van der Waals surface area (Å²) in [6.45, 7) is 0.712. The molecule has 0 spiro atoms. The van der Waals surface area contributed by atoms with Gasteiger partial charge in [-0.3, -0.25) is 4.79 Å². The summed E-state index contributed by atoms with van der Waals surface area (Å²) in [5.41, 5.74) is 0.881. The molecule has 0 aliphatic heterocycles. The van der Waals surface area contributed by atoms with Crippen molar-refractivity contribution >= 4 is 27.5 Å². The normalized spacial score (nSPS) is 19.7. The zero-order valence-electron chi connectivity index (χ0n) is 15.9. The summed E-state index contributed by atoms with van der Waals surface area (Å²) in [5, 5.41) is 3.57. The van der Waals surface area contributed by atoms with Gasteiger partial charge in [-0.15, -0.1) is 0 Å². The second-order valence-corrected chi connectivity index (χ2v) is 9.51. The summed E-state index contributed by atoms with van der Waals surface area (Å²) in [5.74, 6) is -0.356. The maximum Gasteiger partial charge on any atom is 0.240 e. The van der Waals surface area contributed by atoms with E-state index in [-0.39, 0.29) is 22.6 Å². The van der Waals surface area contributed by atoms with E-state index in [0.29, 0.717) is 18.1 Å². The first-order chi connectivity index (χ1) is 13.8. The van der Waals surface area contributed by atoms with E-state index in [2.05, 4.69) is 10.0 Å². The fraction of sp³-hybridized carbons (Fsp3) is 0.381. The topological polar surface area (TPSA) is 75.3 Å². The van der Waals surface area contributed by atoms with Gasteiger partial charge in [0.05, 0.1) is 4.90 Å². The van der Waals surface area contributed by atoms with Gasteiger partial charge in [0.25, 0.3) is 0 Å². The Hall–Kier alpha value is -1.96. The number of carbonyl (C=O) groups is 1. The third kappa shape index (κ3) is 6.01. The van der Waals surface area contributed by atoms with E-state index in [9.17, 15) is 17.6 Å². The number of sulfonamides is 1. The van der Waals surface area contributed by atoms with Crippen molar-refractivity contribution in [3.8, 4) is 0 Å². The molecule has 2 aromatic carbocycles. The van der Waals surface area contributed by atoms with Crippen LogP contribution in [-0.4, -0.2) is 20.9 Å². The molecule has 156 valence electrons. The maximum atomic E-state index is 13.0. The Kier molecular flexibility index (Phi) is 7.27. The first kappa shape index (κ1) is 21.7. The molecule has 1 saturated carbocycles. The van der Waals surface area contributed by atoms with Crippen LogP contribution in [0.3, 0.4) is 0 Å². The van der Waals surface area contributed by atoms with Crippen LogP contribution in [0.5, 0.6) is 0 Å². The first-order valence-electron chi connectivity index (χ1n) is 9.61.